The maximum Gasteiger partial charge on any atom is 0.143 e. The molecule has 0 aromatic carbocycles. The van der Waals surface area contributed by atoms with Crippen molar-refractivity contribution in [2.45, 2.75) is 19.9 Å². The molecule has 0 aliphatic rings. The number of carbonyl (C=O) groups is 1. The van der Waals surface area contributed by atoms with E-state index in [1.807, 2.05) is 42.9 Å². The van der Waals surface area contributed by atoms with E-state index in [4.69, 9.17) is 0 Å². The summed E-state index contributed by atoms with van der Waals surface area (Å²) in [5.41, 5.74) is 0. The van der Waals surface area contributed by atoms with E-state index in [0.29, 0.717) is 5.92 Å². The van der Waals surface area contributed by atoms with Crippen LogP contribution in [0.25, 0.3) is 0 Å². The first kappa shape index (κ1) is 8.05. The summed E-state index contributed by atoms with van der Waals surface area (Å²) in [5.74, 6) is 0.361. The highest BCUT2D eigenvalue weighted by Gasteiger charge is 2.11. The molecule has 0 aliphatic heterocycles. The summed E-state index contributed by atoms with van der Waals surface area (Å²) >= 11 is 0. The van der Waals surface area contributed by atoms with E-state index in [-0.39, 0.29) is 6.04 Å². The third-order valence-electron chi connectivity index (χ3n) is 1.79. The van der Waals surface area contributed by atoms with Gasteiger partial charge in [0.1, 0.15) is 6.29 Å². The molecule has 2 nitrogen and oxygen atoms in total. The maximum absolute atomic E-state index is 10.6. The summed E-state index contributed by atoms with van der Waals surface area (Å²) in [4.78, 5) is 10.6. The largest absolute Gasteiger partial charge is 0.344 e. The highest BCUT2D eigenvalue weighted by molar-refractivity contribution is 5.56. The average Bonchev–Trinajstić information content (AvgIpc) is 2.40. The molecular formula is C9H13NO. The average molecular weight is 151 g/mol. The van der Waals surface area contributed by atoms with E-state index in [1.165, 1.54) is 0 Å². The lowest BCUT2D eigenvalue weighted by Gasteiger charge is -2.15. The predicted octanol–water partition coefficient (Wildman–Crippen LogP) is 1.88. The summed E-state index contributed by atoms with van der Waals surface area (Å²) in [6, 6.07) is 3.85. The van der Waals surface area contributed by atoms with Crippen LogP contribution >= 0.6 is 0 Å². The van der Waals surface area contributed by atoms with Crippen molar-refractivity contribution in [2.75, 3.05) is 0 Å². The molecule has 60 valence electrons. The summed E-state index contributed by atoms with van der Waals surface area (Å²) in [6.07, 6.45) is 4.82. The quantitative estimate of drug-likeness (QED) is 0.604. The summed E-state index contributed by atoms with van der Waals surface area (Å²) in [6.45, 7) is 4.08. The molecule has 0 radical (unpaired) electrons. The van der Waals surface area contributed by atoms with Crippen LogP contribution in [0.15, 0.2) is 24.5 Å². The maximum atomic E-state index is 10.6. The van der Waals surface area contributed by atoms with Gasteiger partial charge in [0.2, 0.25) is 0 Å². The van der Waals surface area contributed by atoms with Gasteiger partial charge in [0.25, 0.3) is 0 Å². The normalized spacial score (nSPS) is 13.4. The highest BCUT2D eigenvalue weighted by atomic mass is 16.1. The molecule has 1 atom stereocenters. The molecule has 2 heteroatoms. The van der Waals surface area contributed by atoms with Crippen molar-refractivity contribution < 1.29 is 4.79 Å². The molecule has 0 unspecified atom stereocenters. The Morgan fingerprint density at radius 1 is 1.27 bits per heavy atom. The topological polar surface area (TPSA) is 22.0 Å². The Bertz CT molecular complexity index is 213. The van der Waals surface area contributed by atoms with E-state index < -0.39 is 0 Å². The second-order valence-corrected chi connectivity index (χ2v) is 3.00. The van der Waals surface area contributed by atoms with Crippen LogP contribution in [0.2, 0.25) is 0 Å². The third kappa shape index (κ3) is 1.70. The van der Waals surface area contributed by atoms with Gasteiger partial charge in [0.15, 0.2) is 0 Å². The van der Waals surface area contributed by atoms with Crippen molar-refractivity contribution in [3.63, 3.8) is 0 Å². The second kappa shape index (κ2) is 3.37. The predicted molar refractivity (Wildman–Crippen MR) is 44.4 cm³/mol. The standard InChI is InChI=1S/C9H13NO/c1-8(2)9(7-11)10-5-3-4-6-10/h3-9H,1-2H3/t9-/m0/s1. The molecule has 0 bridgehead atoms. The molecule has 0 saturated carbocycles. The van der Waals surface area contributed by atoms with Crippen LogP contribution in [0, 0.1) is 5.92 Å². The zero-order chi connectivity index (χ0) is 8.27. The lowest BCUT2D eigenvalue weighted by Crippen LogP contribution is -2.14. The Morgan fingerprint density at radius 3 is 2.18 bits per heavy atom. The lowest BCUT2D eigenvalue weighted by atomic mass is 10.1. The van der Waals surface area contributed by atoms with Crippen LogP contribution in [-0.4, -0.2) is 10.9 Å². The van der Waals surface area contributed by atoms with Crippen LogP contribution in [0.5, 0.6) is 0 Å². The first-order valence-corrected chi connectivity index (χ1v) is 3.83. The van der Waals surface area contributed by atoms with Gasteiger partial charge >= 0.3 is 0 Å². The third-order valence-corrected chi connectivity index (χ3v) is 1.79. The fourth-order valence-electron chi connectivity index (χ4n) is 1.12. The molecule has 1 aromatic heterocycles. The van der Waals surface area contributed by atoms with Crippen LogP contribution in [-0.2, 0) is 4.79 Å². The number of aldehydes is 1. The van der Waals surface area contributed by atoms with E-state index in [0.717, 1.165) is 6.29 Å². The Balaban J connectivity index is 2.79. The van der Waals surface area contributed by atoms with Crippen molar-refractivity contribution in [1.29, 1.82) is 0 Å². The van der Waals surface area contributed by atoms with Crippen molar-refractivity contribution in [1.82, 2.24) is 4.57 Å². The Morgan fingerprint density at radius 2 is 1.82 bits per heavy atom. The van der Waals surface area contributed by atoms with Gasteiger partial charge in [-0.1, -0.05) is 13.8 Å². The lowest BCUT2D eigenvalue weighted by molar-refractivity contribution is -0.111. The van der Waals surface area contributed by atoms with Crippen LogP contribution in [0.4, 0.5) is 0 Å². The molecule has 1 rings (SSSR count). The molecule has 1 aromatic rings. The number of carbonyl (C=O) groups excluding carboxylic acids is 1. The number of aromatic nitrogens is 1. The smallest absolute Gasteiger partial charge is 0.143 e. The summed E-state index contributed by atoms with van der Waals surface area (Å²) < 4.78 is 1.93. The van der Waals surface area contributed by atoms with Gasteiger partial charge in [-0.05, 0) is 18.1 Å². The van der Waals surface area contributed by atoms with E-state index in [2.05, 4.69) is 0 Å². The Kier molecular flexibility index (Phi) is 2.47. The monoisotopic (exact) mass is 151 g/mol. The van der Waals surface area contributed by atoms with Crippen molar-refractivity contribution in [2.24, 2.45) is 5.92 Å². The minimum Gasteiger partial charge on any atom is -0.344 e. The molecule has 11 heavy (non-hydrogen) atoms. The Labute approximate surface area is 66.8 Å². The number of hydrogen-bond acceptors (Lipinski definition) is 1. The Hall–Kier alpha value is -1.05. The SMILES string of the molecule is CC(C)[C@H](C=O)n1cccc1. The van der Waals surface area contributed by atoms with Gasteiger partial charge in [-0.15, -0.1) is 0 Å². The fraction of sp³-hybridized carbons (Fsp3) is 0.444. The van der Waals surface area contributed by atoms with Crippen molar-refractivity contribution in [3.05, 3.63) is 24.5 Å². The number of hydrogen-bond donors (Lipinski definition) is 0. The van der Waals surface area contributed by atoms with Crippen LogP contribution in [0.3, 0.4) is 0 Å². The van der Waals surface area contributed by atoms with Gasteiger partial charge < -0.3 is 9.36 Å². The van der Waals surface area contributed by atoms with Crippen LogP contribution in [0.1, 0.15) is 19.9 Å². The van der Waals surface area contributed by atoms with Gasteiger partial charge in [-0.2, -0.15) is 0 Å². The fourth-order valence-corrected chi connectivity index (χ4v) is 1.12. The molecule has 0 fully saturated rings. The van der Waals surface area contributed by atoms with Gasteiger partial charge in [0, 0.05) is 12.4 Å². The van der Waals surface area contributed by atoms with Gasteiger partial charge in [-0.3, -0.25) is 0 Å². The van der Waals surface area contributed by atoms with E-state index >= 15 is 0 Å². The van der Waals surface area contributed by atoms with Crippen molar-refractivity contribution in [3.8, 4) is 0 Å². The molecular weight excluding hydrogens is 138 g/mol. The minimum absolute atomic E-state index is 0.00926. The number of rotatable bonds is 3. The van der Waals surface area contributed by atoms with Crippen LogP contribution < -0.4 is 0 Å². The first-order chi connectivity index (χ1) is 5.25. The molecule has 0 spiro atoms. The van der Waals surface area contributed by atoms with Gasteiger partial charge in [0.05, 0.1) is 6.04 Å². The molecule has 0 amide bonds. The van der Waals surface area contributed by atoms with Crippen molar-refractivity contribution >= 4 is 6.29 Å². The molecule has 0 saturated heterocycles. The molecule has 0 aliphatic carbocycles. The van der Waals surface area contributed by atoms with E-state index in [1.54, 1.807) is 0 Å². The van der Waals surface area contributed by atoms with E-state index in [9.17, 15) is 4.79 Å². The number of nitrogens with zero attached hydrogens (tertiary/aromatic N) is 1. The zero-order valence-corrected chi connectivity index (χ0v) is 6.90. The second-order valence-electron chi connectivity index (χ2n) is 3.00. The van der Waals surface area contributed by atoms with Gasteiger partial charge in [-0.25, -0.2) is 0 Å². The first-order valence-electron chi connectivity index (χ1n) is 3.83. The molecule has 1 heterocycles. The summed E-state index contributed by atoms with van der Waals surface area (Å²) in [7, 11) is 0. The molecule has 0 N–H and O–H groups in total. The zero-order valence-electron chi connectivity index (χ0n) is 6.90. The highest BCUT2D eigenvalue weighted by Crippen LogP contribution is 2.14. The summed E-state index contributed by atoms with van der Waals surface area (Å²) in [5, 5.41) is 0. The minimum atomic E-state index is -0.00926.